The first kappa shape index (κ1) is 32.8. The Balaban J connectivity index is 0.945. The molecule has 14 rings (SSSR count). The van der Waals surface area contributed by atoms with Crippen LogP contribution >= 0.6 is 0 Å². The Labute approximate surface area is 351 Å². The predicted octanol–water partition coefficient (Wildman–Crippen LogP) is 15.4. The summed E-state index contributed by atoms with van der Waals surface area (Å²) in [4.78, 5) is 0. The Morgan fingerprint density at radius 2 is 0.770 bits per heavy atom. The van der Waals surface area contributed by atoms with E-state index in [1.165, 1.54) is 115 Å². The van der Waals surface area contributed by atoms with Crippen molar-refractivity contribution in [3.8, 4) is 50.4 Å². The van der Waals surface area contributed by atoms with Gasteiger partial charge in [-0.25, -0.2) is 0 Å². The molecule has 0 unspecified atom stereocenters. The number of hydrogen-bond acceptors (Lipinski definition) is 0. The van der Waals surface area contributed by atoms with E-state index in [2.05, 4.69) is 226 Å². The van der Waals surface area contributed by atoms with Crippen molar-refractivity contribution >= 4 is 76.2 Å². The molecular formula is C58H35N3. The van der Waals surface area contributed by atoms with Gasteiger partial charge in [0.1, 0.15) is 0 Å². The van der Waals surface area contributed by atoms with Crippen molar-refractivity contribution in [1.82, 2.24) is 13.7 Å². The van der Waals surface area contributed by atoms with Crippen LogP contribution in [-0.2, 0) is 0 Å². The molecule has 3 heteroatoms. The third-order valence-electron chi connectivity index (χ3n) is 13.4. The number of para-hydroxylation sites is 4. The van der Waals surface area contributed by atoms with Crippen LogP contribution in [0.1, 0.15) is 0 Å². The molecule has 3 heterocycles. The summed E-state index contributed by atoms with van der Waals surface area (Å²) in [5.74, 6) is 0. The smallest absolute Gasteiger partial charge is 0.0625 e. The molecule has 3 nitrogen and oxygen atoms in total. The molecule has 3 aromatic heterocycles. The maximum atomic E-state index is 2.49. The van der Waals surface area contributed by atoms with Crippen LogP contribution in [0.5, 0.6) is 0 Å². The van der Waals surface area contributed by atoms with Gasteiger partial charge in [0.2, 0.25) is 0 Å². The van der Waals surface area contributed by atoms with Crippen LogP contribution < -0.4 is 0 Å². The fraction of sp³-hybridized carbons (Fsp3) is 0. The molecule has 282 valence electrons. The van der Waals surface area contributed by atoms with Gasteiger partial charge in [-0.2, -0.15) is 0 Å². The van der Waals surface area contributed by atoms with E-state index < -0.39 is 0 Å². The van der Waals surface area contributed by atoms with Gasteiger partial charge in [-0.15, -0.1) is 0 Å². The SMILES string of the molecule is c1ccc(-n2c3ccccc3c3cc(-c4ccc5c6ccccc6n(-c6ccc(-n7c8ccccc8c8ccc9c(c87)-c7cccc8cccc-9c78)cc6)c5c4)ccc32)cc1. The zero-order chi connectivity index (χ0) is 39.8. The third kappa shape index (κ3) is 4.47. The summed E-state index contributed by atoms with van der Waals surface area (Å²) in [6.45, 7) is 0. The van der Waals surface area contributed by atoms with Gasteiger partial charge < -0.3 is 13.7 Å². The maximum Gasteiger partial charge on any atom is 0.0625 e. The van der Waals surface area contributed by atoms with Gasteiger partial charge in [0.05, 0.1) is 33.1 Å². The Kier molecular flexibility index (Phi) is 6.56. The second kappa shape index (κ2) is 12.2. The molecule has 10 aromatic carbocycles. The van der Waals surface area contributed by atoms with Gasteiger partial charge in [-0.1, -0.05) is 140 Å². The molecule has 0 spiro atoms. The molecule has 0 amide bonds. The monoisotopic (exact) mass is 773 g/mol. The molecule has 1 aliphatic carbocycles. The van der Waals surface area contributed by atoms with E-state index in [4.69, 9.17) is 0 Å². The fourth-order valence-corrected chi connectivity index (χ4v) is 10.8. The van der Waals surface area contributed by atoms with Crippen molar-refractivity contribution in [3.05, 3.63) is 212 Å². The number of nitrogens with zero attached hydrogens (tertiary/aromatic N) is 3. The first-order valence-electron chi connectivity index (χ1n) is 21.1. The lowest BCUT2D eigenvalue weighted by Gasteiger charge is -2.14. The average Bonchev–Trinajstić information content (AvgIpc) is 4.05. The number of fused-ring (bicyclic) bond motifs is 13. The lowest BCUT2D eigenvalue weighted by Crippen LogP contribution is -1.98. The minimum atomic E-state index is 1.14. The Morgan fingerprint density at radius 1 is 0.262 bits per heavy atom. The van der Waals surface area contributed by atoms with Crippen LogP contribution in [0.3, 0.4) is 0 Å². The van der Waals surface area contributed by atoms with Crippen LogP contribution in [0.4, 0.5) is 0 Å². The zero-order valence-corrected chi connectivity index (χ0v) is 33.0. The second-order valence-corrected chi connectivity index (χ2v) is 16.5. The highest BCUT2D eigenvalue weighted by atomic mass is 15.0. The summed E-state index contributed by atoms with van der Waals surface area (Å²) in [5, 5.41) is 10.2. The van der Waals surface area contributed by atoms with Gasteiger partial charge in [-0.3, -0.25) is 0 Å². The zero-order valence-electron chi connectivity index (χ0n) is 33.0. The first-order chi connectivity index (χ1) is 30.3. The highest BCUT2D eigenvalue weighted by molar-refractivity contribution is 6.24. The standard InChI is InChI=1S/C58H35N3/c1-2-14-39(15-3-1)59-52-22-8-6-18-44(52)50-34-37(25-33-54(50)59)38-24-30-45-42-16-4-7-21-51(42)60(55(45)35-38)40-26-28-41(29-27-40)61-53-23-9-5-17-43(53)48-32-31-47-46-19-10-12-36-13-11-20-49(56(36)46)57(47)58(48)61/h1-35H. The highest BCUT2D eigenvalue weighted by Gasteiger charge is 2.27. The van der Waals surface area contributed by atoms with Crippen molar-refractivity contribution in [2.75, 3.05) is 0 Å². The molecule has 1 aliphatic rings. The largest absolute Gasteiger partial charge is 0.309 e. The van der Waals surface area contributed by atoms with E-state index in [1.54, 1.807) is 0 Å². The first-order valence-corrected chi connectivity index (χ1v) is 21.1. The normalized spacial score (nSPS) is 12.3. The molecule has 0 aliphatic heterocycles. The summed E-state index contributed by atoms with van der Waals surface area (Å²) < 4.78 is 7.32. The molecule has 0 fully saturated rings. The van der Waals surface area contributed by atoms with Crippen molar-refractivity contribution in [2.45, 2.75) is 0 Å². The number of rotatable bonds is 4. The summed E-state index contributed by atoms with van der Waals surface area (Å²) in [5.41, 5.74) is 18.4. The van der Waals surface area contributed by atoms with Crippen LogP contribution in [0, 0.1) is 0 Å². The predicted molar refractivity (Wildman–Crippen MR) is 257 cm³/mol. The van der Waals surface area contributed by atoms with Gasteiger partial charge in [0, 0.05) is 54.9 Å². The van der Waals surface area contributed by atoms with E-state index in [1.807, 2.05) is 0 Å². The van der Waals surface area contributed by atoms with Gasteiger partial charge in [-0.05, 0) is 111 Å². The molecule has 13 aromatic rings. The molecule has 0 saturated carbocycles. The van der Waals surface area contributed by atoms with Gasteiger partial charge in [0.25, 0.3) is 0 Å². The van der Waals surface area contributed by atoms with Crippen molar-refractivity contribution in [3.63, 3.8) is 0 Å². The van der Waals surface area contributed by atoms with E-state index in [0.29, 0.717) is 0 Å². The summed E-state index contributed by atoms with van der Waals surface area (Å²) in [6.07, 6.45) is 0. The Morgan fingerprint density at radius 3 is 1.51 bits per heavy atom. The van der Waals surface area contributed by atoms with Crippen LogP contribution in [-0.4, -0.2) is 13.7 Å². The molecule has 0 atom stereocenters. The van der Waals surface area contributed by atoms with E-state index in [0.717, 1.165) is 11.4 Å². The molecule has 0 radical (unpaired) electrons. The average molecular weight is 774 g/mol. The van der Waals surface area contributed by atoms with Crippen LogP contribution in [0.15, 0.2) is 212 Å². The minimum Gasteiger partial charge on any atom is -0.309 e. The number of hydrogen-bond donors (Lipinski definition) is 0. The third-order valence-corrected chi connectivity index (χ3v) is 13.4. The Hall–Kier alpha value is -8.14. The van der Waals surface area contributed by atoms with Gasteiger partial charge in [0.15, 0.2) is 0 Å². The van der Waals surface area contributed by atoms with E-state index in [-0.39, 0.29) is 0 Å². The van der Waals surface area contributed by atoms with Crippen LogP contribution in [0.2, 0.25) is 0 Å². The molecule has 0 bridgehead atoms. The molecule has 0 N–H and O–H groups in total. The summed E-state index contributed by atoms with van der Waals surface area (Å²) in [6, 6.07) is 78.4. The van der Waals surface area contributed by atoms with Crippen molar-refractivity contribution in [2.24, 2.45) is 0 Å². The van der Waals surface area contributed by atoms with Crippen molar-refractivity contribution in [1.29, 1.82) is 0 Å². The topological polar surface area (TPSA) is 14.8 Å². The second-order valence-electron chi connectivity index (χ2n) is 16.5. The quantitative estimate of drug-likeness (QED) is 0.169. The number of aromatic nitrogens is 3. The van der Waals surface area contributed by atoms with Crippen LogP contribution in [0.25, 0.3) is 127 Å². The summed E-state index contributed by atoms with van der Waals surface area (Å²) in [7, 11) is 0. The van der Waals surface area contributed by atoms with Crippen molar-refractivity contribution < 1.29 is 0 Å². The van der Waals surface area contributed by atoms with E-state index >= 15 is 0 Å². The summed E-state index contributed by atoms with van der Waals surface area (Å²) >= 11 is 0. The maximum absolute atomic E-state index is 2.49. The number of benzene rings is 10. The Bertz CT molecular complexity index is 3970. The molecular weight excluding hydrogens is 739 g/mol. The molecule has 0 saturated heterocycles. The lowest BCUT2D eigenvalue weighted by atomic mass is 10.0. The minimum absolute atomic E-state index is 1.14. The molecule has 61 heavy (non-hydrogen) atoms. The lowest BCUT2D eigenvalue weighted by molar-refractivity contribution is 1.15. The van der Waals surface area contributed by atoms with Gasteiger partial charge >= 0.3 is 0 Å². The highest BCUT2D eigenvalue weighted by Crippen LogP contribution is 2.52. The fourth-order valence-electron chi connectivity index (χ4n) is 10.8. The van der Waals surface area contributed by atoms with E-state index in [9.17, 15) is 0 Å².